The molecule has 1 nitrogen and oxygen atoms in total. The van der Waals surface area contributed by atoms with Gasteiger partial charge in [0.2, 0.25) is 0 Å². The first-order valence-electron chi connectivity index (χ1n) is 12.1. The van der Waals surface area contributed by atoms with Crippen LogP contribution in [0, 0.1) is 5.92 Å². The monoisotopic (exact) mass is 366 g/mol. The zero-order valence-corrected chi connectivity index (χ0v) is 18.4. The van der Waals surface area contributed by atoms with Gasteiger partial charge in [0.15, 0.2) is 0 Å². The van der Waals surface area contributed by atoms with Gasteiger partial charge in [-0.15, -0.1) is 0 Å². The van der Waals surface area contributed by atoms with Gasteiger partial charge in [0.05, 0.1) is 5.76 Å². The number of aliphatic hydroxyl groups excluding tert-OH is 1. The first kappa shape index (κ1) is 25.5. The Morgan fingerprint density at radius 2 is 0.923 bits per heavy atom. The lowest BCUT2D eigenvalue weighted by atomic mass is 9.90. The summed E-state index contributed by atoms with van der Waals surface area (Å²) in [6.07, 6.45) is 27.1. The largest absolute Gasteiger partial charge is 0.513 e. The summed E-state index contributed by atoms with van der Waals surface area (Å²) in [5, 5.41) is 9.43. The van der Waals surface area contributed by atoms with Crippen LogP contribution in [-0.4, -0.2) is 5.11 Å². The van der Waals surface area contributed by atoms with E-state index in [1.54, 1.807) is 0 Å². The third-order valence-electron chi connectivity index (χ3n) is 5.77. The zero-order valence-electron chi connectivity index (χ0n) is 18.4. The maximum atomic E-state index is 9.43. The van der Waals surface area contributed by atoms with Crippen molar-refractivity contribution in [3.63, 3.8) is 0 Å². The quantitative estimate of drug-likeness (QED) is 0.158. The minimum absolute atomic E-state index is 0.377. The van der Waals surface area contributed by atoms with Gasteiger partial charge in [0, 0.05) is 6.42 Å². The summed E-state index contributed by atoms with van der Waals surface area (Å²) in [5.74, 6) is 1.18. The number of allylic oxidation sites excluding steroid dienone is 1. The molecule has 1 heteroatoms. The van der Waals surface area contributed by atoms with Crippen LogP contribution < -0.4 is 0 Å². The third-order valence-corrected chi connectivity index (χ3v) is 5.77. The van der Waals surface area contributed by atoms with Crippen LogP contribution in [0.3, 0.4) is 0 Å². The molecule has 0 fully saturated rings. The fourth-order valence-corrected chi connectivity index (χ4v) is 3.94. The fraction of sp³-hybridized carbons (Fsp3) is 0.920. The Morgan fingerprint density at radius 3 is 1.27 bits per heavy atom. The van der Waals surface area contributed by atoms with Crippen molar-refractivity contribution in [2.24, 2.45) is 5.92 Å². The van der Waals surface area contributed by atoms with Gasteiger partial charge in [-0.05, 0) is 12.3 Å². The highest BCUT2D eigenvalue weighted by molar-refractivity contribution is 4.79. The minimum atomic E-state index is 0.377. The van der Waals surface area contributed by atoms with Gasteiger partial charge in [-0.1, -0.05) is 136 Å². The van der Waals surface area contributed by atoms with Crippen molar-refractivity contribution in [3.8, 4) is 0 Å². The molecule has 0 spiro atoms. The Hall–Kier alpha value is -0.460. The SMILES string of the molecule is C=C(O)CCC(CCCCCCCCCC)CCCCCCCCCC. The average Bonchev–Trinajstić information content (AvgIpc) is 2.63. The molecular weight excluding hydrogens is 316 g/mol. The van der Waals surface area contributed by atoms with Crippen molar-refractivity contribution in [2.45, 2.75) is 142 Å². The van der Waals surface area contributed by atoms with Gasteiger partial charge in [-0.3, -0.25) is 0 Å². The van der Waals surface area contributed by atoms with Crippen LogP contribution in [0.1, 0.15) is 142 Å². The van der Waals surface area contributed by atoms with E-state index >= 15 is 0 Å². The standard InChI is InChI=1S/C25H50O/c1-4-6-8-10-12-14-16-18-20-25(23-22-24(3)26)21-19-17-15-13-11-9-7-5-2/h25-26H,3-23H2,1-2H3. The Labute approximate surface area is 166 Å². The second-order valence-electron chi connectivity index (χ2n) is 8.50. The van der Waals surface area contributed by atoms with Crippen LogP contribution in [0.2, 0.25) is 0 Å². The van der Waals surface area contributed by atoms with Crippen molar-refractivity contribution < 1.29 is 5.11 Å². The predicted molar refractivity (Wildman–Crippen MR) is 119 cm³/mol. The molecule has 0 saturated carbocycles. The molecule has 0 heterocycles. The number of hydrogen-bond donors (Lipinski definition) is 1. The van der Waals surface area contributed by atoms with Crippen LogP contribution in [0.4, 0.5) is 0 Å². The molecule has 0 bridgehead atoms. The minimum Gasteiger partial charge on any atom is -0.513 e. The van der Waals surface area contributed by atoms with Gasteiger partial charge in [0.25, 0.3) is 0 Å². The van der Waals surface area contributed by atoms with E-state index in [-0.39, 0.29) is 0 Å². The Morgan fingerprint density at radius 1 is 0.577 bits per heavy atom. The molecule has 0 amide bonds. The number of unbranched alkanes of at least 4 members (excludes halogenated alkanes) is 14. The molecular formula is C25H50O. The van der Waals surface area contributed by atoms with Crippen LogP contribution in [0.5, 0.6) is 0 Å². The number of rotatable bonds is 21. The van der Waals surface area contributed by atoms with Gasteiger partial charge >= 0.3 is 0 Å². The average molecular weight is 367 g/mol. The zero-order chi connectivity index (χ0) is 19.3. The van der Waals surface area contributed by atoms with E-state index in [2.05, 4.69) is 20.4 Å². The van der Waals surface area contributed by atoms with E-state index in [1.165, 1.54) is 116 Å². The van der Waals surface area contributed by atoms with Crippen molar-refractivity contribution in [1.29, 1.82) is 0 Å². The van der Waals surface area contributed by atoms with Gasteiger partial charge in [-0.25, -0.2) is 0 Å². The van der Waals surface area contributed by atoms with E-state index in [4.69, 9.17) is 0 Å². The number of hydrogen-bond acceptors (Lipinski definition) is 1. The van der Waals surface area contributed by atoms with Crippen LogP contribution in [0.25, 0.3) is 0 Å². The van der Waals surface area contributed by atoms with Gasteiger partial charge in [-0.2, -0.15) is 0 Å². The molecule has 0 rings (SSSR count). The summed E-state index contributed by atoms with van der Waals surface area (Å²) in [6.45, 7) is 8.24. The molecule has 0 radical (unpaired) electrons. The van der Waals surface area contributed by atoms with Crippen LogP contribution in [0.15, 0.2) is 12.3 Å². The Bertz CT molecular complexity index is 264. The Kier molecular flexibility index (Phi) is 20.5. The highest BCUT2D eigenvalue weighted by Gasteiger charge is 2.09. The van der Waals surface area contributed by atoms with Crippen molar-refractivity contribution >= 4 is 0 Å². The highest BCUT2D eigenvalue weighted by Crippen LogP contribution is 2.24. The lowest BCUT2D eigenvalue weighted by molar-refractivity contribution is 0.335. The third kappa shape index (κ3) is 19.9. The maximum absolute atomic E-state index is 9.43. The van der Waals surface area contributed by atoms with Crippen LogP contribution in [-0.2, 0) is 0 Å². The summed E-state index contributed by atoms with van der Waals surface area (Å²) >= 11 is 0. The molecule has 26 heavy (non-hydrogen) atoms. The molecule has 0 saturated heterocycles. The molecule has 0 aromatic heterocycles. The molecule has 0 aliphatic heterocycles. The lowest BCUT2D eigenvalue weighted by Crippen LogP contribution is -2.02. The van der Waals surface area contributed by atoms with E-state index in [0.29, 0.717) is 5.76 Å². The second-order valence-corrected chi connectivity index (χ2v) is 8.50. The fourth-order valence-electron chi connectivity index (χ4n) is 3.94. The summed E-state index contributed by atoms with van der Waals surface area (Å²) in [7, 11) is 0. The topological polar surface area (TPSA) is 20.2 Å². The molecule has 0 aromatic carbocycles. The first-order chi connectivity index (χ1) is 12.7. The summed E-state index contributed by atoms with van der Waals surface area (Å²) in [4.78, 5) is 0. The smallest absolute Gasteiger partial charge is 0.0851 e. The molecule has 1 N–H and O–H groups in total. The predicted octanol–water partition coefficient (Wildman–Crippen LogP) is 9.52. The molecule has 0 aromatic rings. The summed E-state index contributed by atoms with van der Waals surface area (Å²) in [5.41, 5.74) is 0. The molecule has 0 atom stereocenters. The van der Waals surface area contributed by atoms with E-state index < -0.39 is 0 Å². The van der Waals surface area contributed by atoms with Crippen LogP contribution >= 0.6 is 0 Å². The first-order valence-corrected chi connectivity index (χ1v) is 12.1. The number of aliphatic hydroxyl groups is 1. The lowest BCUT2D eigenvalue weighted by Gasteiger charge is -2.16. The summed E-state index contributed by atoms with van der Waals surface area (Å²) in [6, 6.07) is 0. The van der Waals surface area contributed by atoms with E-state index in [0.717, 1.165) is 18.8 Å². The van der Waals surface area contributed by atoms with Crippen molar-refractivity contribution in [1.82, 2.24) is 0 Å². The van der Waals surface area contributed by atoms with Crippen molar-refractivity contribution in [2.75, 3.05) is 0 Å². The normalized spacial score (nSPS) is 11.3. The van der Waals surface area contributed by atoms with Crippen molar-refractivity contribution in [3.05, 3.63) is 12.3 Å². The van der Waals surface area contributed by atoms with Gasteiger partial charge in [0.1, 0.15) is 0 Å². The maximum Gasteiger partial charge on any atom is 0.0851 e. The van der Waals surface area contributed by atoms with Gasteiger partial charge < -0.3 is 5.11 Å². The Balaban J connectivity index is 3.68. The highest BCUT2D eigenvalue weighted by atomic mass is 16.3. The summed E-state index contributed by atoms with van der Waals surface area (Å²) < 4.78 is 0. The molecule has 0 aliphatic rings. The van der Waals surface area contributed by atoms with E-state index in [9.17, 15) is 5.11 Å². The molecule has 0 aliphatic carbocycles. The van der Waals surface area contributed by atoms with E-state index in [1.807, 2.05) is 0 Å². The molecule has 0 unspecified atom stereocenters. The molecule has 156 valence electrons. The second kappa shape index (κ2) is 20.8.